The van der Waals surface area contributed by atoms with E-state index in [4.69, 9.17) is 9.47 Å². The van der Waals surface area contributed by atoms with Gasteiger partial charge < -0.3 is 14.8 Å². The van der Waals surface area contributed by atoms with Gasteiger partial charge in [-0.15, -0.1) is 0 Å². The number of carbonyl (C=O) groups excluding carboxylic acids is 1. The Hall–Kier alpha value is -2.96. The highest BCUT2D eigenvalue weighted by Crippen LogP contribution is 2.34. The standard InChI is InChI=1S/C24H24N2O3S/c1-17(26(2)15-18-12-13-21-22(14-18)29-16-28-21)24(27)25-20-10-6-7-11-23(20)30-19-8-4-3-5-9-19/h3-14,17H,15-16H2,1-2H3,(H,25,27). The maximum Gasteiger partial charge on any atom is 0.241 e. The van der Waals surface area contributed by atoms with Gasteiger partial charge >= 0.3 is 0 Å². The highest BCUT2D eigenvalue weighted by molar-refractivity contribution is 7.99. The predicted octanol–water partition coefficient (Wildman–Crippen LogP) is 5.03. The number of fused-ring (bicyclic) bond motifs is 1. The van der Waals surface area contributed by atoms with Gasteiger partial charge in [-0.3, -0.25) is 9.69 Å². The summed E-state index contributed by atoms with van der Waals surface area (Å²) >= 11 is 1.64. The molecule has 0 aromatic heterocycles. The Kier molecular flexibility index (Phi) is 6.26. The first-order valence-corrected chi connectivity index (χ1v) is 10.6. The smallest absolute Gasteiger partial charge is 0.241 e. The van der Waals surface area contributed by atoms with Gasteiger partial charge in [-0.25, -0.2) is 0 Å². The summed E-state index contributed by atoms with van der Waals surface area (Å²) in [4.78, 5) is 17.1. The lowest BCUT2D eigenvalue weighted by molar-refractivity contribution is -0.120. The minimum absolute atomic E-state index is 0.0423. The zero-order valence-corrected chi connectivity index (χ0v) is 17.8. The molecule has 30 heavy (non-hydrogen) atoms. The quantitative estimate of drug-likeness (QED) is 0.581. The van der Waals surface area contributed by atoms with Gasteiger partial charge in [-0.2, -0.15) is 0 Å². The SMILES string of the molecule is CC(C(=O)Nc1ccccc1Sc1ccccc1)N(C)Cc1ccc2c(c1)OCO2. The van der Waals surface area contributed by atoms with Crippen LogP contribution in [0.5, 0.6) is 11.5 Å². The van der Waals surface area contributed by atoms with Gasteiger partial charge in [0.25, 0.3) is 0 Å². The number of nitrogens with one attached hydrogen (secondary N) is 1. The number of rotatable bonds is 7. The Morgan fingerprint density at radius 3 is 2.60 bits per heavy atom. The topological polar surface area (TPSA) is 50.8 Å². The summed E-state index contributed by atoms with van der Waals surface area (Å²) in [7, 11) is 1.94. The third-order valence-corrected chi connectivity index (χ3v) is 6.11. The molecule has 3 aromatic rings. The van der Waals surface area contributed by atoms with Crippen LogP contribution in [0, 0.1) is 0 Å². The van der Waals surface area contributed by atoms with E-state index in [9.17, 15) is 4.79 Å². The molecule has 1 aliphatic heterocycles. The van der Waals surface area contributed by atoms with Crippen LogP contribution >= 0.6 is 11.8 Å². The Morgan fingerprint density at radius 2 is 1.77 bits per heavy atom. The molecule has 0 bridgehead atoms. The third kappa shape index (κ3) is 4.78. The summed E-state index contributed by atoms with van der Waals surface area (Å²) in [6, 6.07) is 23.6. The van der Waals surface area contributed by atoms with Gasteiger partial charge in [-0.1, -0.05) is 48.2 Å². The van der Waals surface area contributed by atoms with Gasteiger partial charge in [-0.05, 0) is 55.9 Å². The Morgan fingerprint density at radius 1 is 1.03 bits per heavy atom. The minimum Gasteiger partial charge on any atom is -0.454 e. The van der Waals surface area contributed by atoms with E-state index in [1.807, 2.05) is 79.5 Å². The highest BCUT2D eigenvalue weighted by Gasteiger charge is 2.21. The first-order chi connectivity index (χ1) is 14.6. The maximum absolute atomic E-state index is 12.9. The van der Waals surface area contributed by atoms with Crippen LogP contribution in [0.1, 0.15) is 12.5 Å². The van der Waals surface area contributed by atoms with Crippen molar-refractivity contribution in [2.24, 2.45) is 0 Å². The van der Waals surface area contributed by atoms with E-state index in [1.54, 1.807) is 11.8 Å². The molecule has 0 fully saturated rings. The van der Waals surface area contributed by atoms with Crippen molar-refractivity contribution in [2.75, 3.05) is 19.2 Å². The molecule has 3 aromatic carbocycles. The molecule has 1 atom stereocenters. The molecule has 1 amide bonds. The molecule has 0 radical (unpaired) electrons. The average molecular weight is 421 g/mol. The zero-order valence-electron chi connectivity index (χ0n) is 17.0. The molecule has 1 aliphatic rings. The molecule has 0 saturated heterocycles. The Balaban J connectivity index is 1.41. The van der Waals surface area contributed by atoms with E-state index in [0.29, 0.717) is 6.54 Å². The Labute approximate surface area is 181 Å². The van der Waals surface area contributed by atoms with Crippen LogP contribution in [-0.4, -0.2) is 30.7 Å². The molecule has 1 N–H and O–H groups in total. The van der Waals surface area contributed by atoms with E-state index >= 15 is 0 Å². The molecule has 1 unspecified atom stereocenters. The molecule has 0 aliphatic carbocycles. The third-order valence-electron chi connectivity index (χ3n) is 5.03. The normalized spacial score (nSPS) is 13.3. The van der Waals surface area contributed by atoms with Crippen LogP contribution < -0.4 is 14.8 Å². The molecule has 5 nitrogen and oxygen atoms in total. The second-order valence-corrected chi connectivity index (χ2v) is 8.29. The number of hydrogen-bond acceptors (Lipinski definition) is 5. The molecule has 4 rings (SSSR count). The van der Waals surface area contributed by atoms with Crippen LogP contribution in [0.2, 0.25) is 0 Å². The molecule has 1 heterocycles. The van der Waals surface area contributed by atoms with Crippen molar-refractivity contribution in [3.05, 3.63) is 78.4 Å². The van der Waals surface area contributed by atoms with E-state index in [2.05, 4.69) is 17.4 Å². The summed E-state index contributed by atoms with van der Waals surface area (Å²) in [5.74, 6) is 1.48. The second kappa shape index (κ2) is 9.24. The minimum atomic E-state index is -0.301. The van der Waals surface area contributed by atoms with E-state index in [-0.39, 0.29) is 18.7 Å². The number of nitrogens with zero attached hydrogens (tertiary/aromatic N) is 1. The monoisotopic (exact) mass is 420 g/mol. The largest absolute Gasteiger partial charge is 0.454 e. The molecular formula is C24H24N2O3S. The number of ether oxygens (including phenoxy) is 2. The van der Waals surface area contributed by atoms with Gasteiger partial charge in [0.1, 0.15) is 0 Å². The number of amides is 1. The molecule has 0 saturated carbocycles. The van der Waals surface area contributed by atoms with Crippen molar-refractivity contribution in [3.63, 3.8) is 0 Å². The van der Waals surface area contributed by atoms with Crippen LogP contribution in [0.3, 0.4) is 0 Å². The van der Waals surface area contributed by atoms with Crippen molar-refractivity contribution in [2.45, 2.75) is 29.3 Å². The van der Waals surface area contributed by atoms with Crippen molar-refractivity contribution in [1.82, 2.24) is 4.90 Å². The summed E-state index contributed by atoms with van der Waals surface area (Å²) < 4.78 is 10.8. The molecule has 154 valence electrons. The maximum atomic E-state index is 12.9. The van der Waals surface area contributed by atoms with Crippen molar-refractivity contribution in [1.29, 1.82) is 0 Å². The first kappa shape index (κ1) is 20.3. The molecule has 0 spiro atoms. The van der Waals surface area contributed by atoms with Crippen LogP contribution in [0.15, 0.2) is 82.6 Å². The summed E-state index contributed by atoms with van der Waals surface area (Å²) in [5.41, 5.74) is 1.89. The number of hydrogen-bond donors (Lipinski definition) is 1. The van der Waals surface area contributed by atoms with E-state index in [0.717, 1.165) is 32.5 Å². The van der Waals surface area contributed by atoms with E-state index in [1.165, 1.54) is 0 Å². The number of likely N-dealkylation sites (N-methyl/N-ethyl adjacent to an activating group) is 1. The fraction of sp³-hybridized carbons (Fsp3) is 0.208. The van der Waals surface area contributed by atoms with Crippen LogP contribution in [0.4, 0.5) is 5.69 Å². The van der Waals surface area contributed by atoms with Crippen LogP contribution in [-0.2, 0) is 11.3 Å². The zero-order chi connectivity index (χ0) is 20.9. The van der Waals surface area contributed by atoms with Crippen molar-refractivity contribution in [3.8, 4) is 11.5 Å². The number of para-hydroxylation sites is 1. The highest BCUT2D eigenvalue weighted by atomic mass is 32.2. The van der Waals surface area contributed by atoms with Gasteiger partial charge in [0.05, 0.1) is 11.7 Å². The Bertz CT molecular complexity index is 1030. The number of anilines is 1. The molecule has 6 heteroatoms. The average Bonchev–Trinajstić information content (AvgIpc) is 3.23. The number of carbonyl (C=O) groups is 1. The summed E-state index contributed by atoms with van der Waals surface area (Å²) in [6.07, 6.45) is 0. The fourth-order valence-electron chi connectivity index (χ4n) is 3.18. The second-order valence-electron chi connectivity index (χ2n) is 7.18. The van der Waals surface area contributed by atoms with Gasteiger partial charge in [0.15, 0.2) is 11.5 Å². The van der Waals surface area contributed by atoms with Crippen LogP contribution in [0.25, 0.3) is 0 Å². The van der Waals surface area contributed by atoms with Crippen molar-refractivity contribution < 1.29 is 14.3 Å². The lowest BCUT2D eigenvalue weighted by Crippen LogP contribution is -2.39. The van der Waals surface area contributed by atoms with Crippen molar-refractivity contribution >= 4 is 23.4 Å². The molecular weight excluding hydrogens is 396 g/mol. The van der Waals surface area contributed by atoms with E-state index < -0.39 is 0 Å². The first-order valence-electron chi connectivity index (χ1n) is 9.82. The van der Waals surface area contributed by atoms with Gasteiger partial charge in [0.2, 0.25) is 12.7 Å². The fourth-order valence-corrected chi connectivity index (χ4v) is 4.10. The predicted molar refractivity (Wildman–Crippen MR) is 119 cm³/mol. The summed E-state index contributed by atoms with van der Waals surface area (Å²) in [5, 5.41) is 3.09. The van der Waals surface area contributed by atoms with Gasteiger partial charge in [0, 0.05) is 16.3 Å². The number of benzene rings is 3. The lowest BCUT2D eigenvalue weighted by Gasteiger charge is -2.24. The summed E-state index contributed by atoms with van der Waals surface area (Å²) in [6.45, 7) is 2.80. The lowest BCUT2D eigenvalue weighted by atomic mass is 10.1.